The van der Waals surface area contributed by atoms with E-state index in [1.165, 1.54) is 12.1 Å². The molecule has 0 radical (unpaired) electrons. The lowest BCUT2D eigenvalue weighted by atomic mass is 10.0. The first-order valence-corrected chi connectivity index (χ1v) is 11.4. The summed E-state index contributed by atoms with van der Waals surface area (Å²) in [6.45, 7) is 5.42. The van der Waals surface area contributed by atoms with Gasteiger partial charge in [-0.2, -0.15) is 5.10 Å². The highest BCUT2D eigenvalue weighted by Gasteiger charge is 2.13. The van der Waals surface area contributed by atoms with E-state index in [1.54, 1.807) is 29.1 Å². The molecule has 1 amide bonds. The fraction of sp³-hybridized carbons (Fsp3) is 0.0345. The fourth-order valence-corrected chi connectivity index (χ4v) is 4.54. The molecule has 0 aliphatic heterocycles. The minimum Gasteiger partial charge on any atom is -0.322 e. The molecule has 0 bridgehead atoms. The number of nitrogens with one attached hydrogen (secondary N) is 2. The van der Waals surface area contributed by atoms with Crippen molar-refractivity contribution in [3.05, 3.63) is 108 Å². The number of pyridine rings is 2. The lowest BCUT2D eigenvalue weighted by Crippen LogP contribution is -2.18. The fourth-order valence-electron chi connectivity index (χ4n) is 4.54. The highest BCUT2D eigenvalue weighted by atomic mass is 16.1. The van der Waals surface area contributed by atoms with Crippen LogP contribution in [-0.4, -0.2) is 25.7 Å². The molecule has 3 aromatic heterocycles. The molecule has 2 N–H and O–H groups in total. The zero-order valence-corrected chi connectivity index (χ0v) is 19.4. The third kappa shape index (κ3) is 3.54. The Bertz CT molecular complexity index is 1900. The summed E-state index contributed by atoms with van der Waals surface area (Å²) < 4.78 is 1.67. The maximum absolute atomic E-state index is 13.3. The Morgan fingerprint density at radius 1 is 0.972 bits per heavy atom. The van der Waals surface area contributed by atoms with Crippen LogP contribution in [0, 0.1) is 6.92 Å². The van der Waals surface area contributed by atoms with Gasteiger partial charge in [0.15, 0.2) is 0 Å². The van der Waals surface area contributed by atoms with Crippen LogP contribution in [0.4, 0.5) is 5.69 Å². The maximum Gasteiger partial charge on any atom is 0.255 e. The van der Waals surface area contributed by atoms with Gasteiger partial charge in [-0.3, -0.25) is 24.2 Å². The summed E-state index contributed by atoms with van der Waals surface area (Å²) in [5.41, 5.74) is 6.52. The Morgan fingerprint density at radius 2 is 1.81 bits per heavy atom. The average Bonchev–Trinajstić information content (AvgIpc) is 3.37. The molecule has 3 heterocycles. The molecule has 0 aliphatic rings. The predicted molar refractivity (Wildman–Crippen MR) is 143 cm³/mol. The monoisotopic (exact) mass is 471 g/mol. The zero-order chi connectivity index (χ0) is 24.8. The Kier molecular flexibility index (Phi) is 4.97. The molecular formula is C29H21N5O2. The van der Waals surface area contributed by atoms with Crippen molar-refractivity contribution in [3.63, 3.8) is 0 Å². The average molecular weight is 472 g/mol. The first-order chi connectivity index (χ1) is 17.5. The molecule has 0 saturated carbocycles. The summed E-state index contributed by atoms with van der Waals surface area (Å²) in [7, 11) is 0. The van der Waals surface area contributed by atoms with Gasteiger partial charge in [0.25, 0.3) is 5.56 Å². The van der Waals surface area contributed by atoms with Gasteiger partial charge >= 0.3 is 0 Å². The molecule has 7 heteroatoms. The van der Waals surface area contributed by atoms with E-state index in [2.05, 4.69) is 39.2 Å². The molecule has 7 nitrogen and oxygen atoms in total. The smallest absolute Gasteiger partial charge is 0.255 e. The van der Waals surface area contributed by atoms with E-state index in [4.69, 9.17) is 0 Å². The number of benzene rings is 3. The number of H-pyrrole nitrogens is 1. The van der Waals surface area contributed by atoms with E-state index < -0.39 is 0 Å². The zero-order valence-electron chi connectivity index (χ0n) is 19.4. The van der Waals surface area contributed by atoms with E-state index in [0.717, 1.165) is 49.4 Å². The lowest BCUT2D eigenvalue weighted by molar-refractivity contribution is -0.111. The molecule has 0 atom stereocenters. The van der Waals surface area contributed by atoms with Crippen molar-refractivity contribution in [1.82, 2.24) is 19.7 Å². The van der Waals surface area contributed by atoms with Crippen molar-refractivity contribution in [2.75, 3.05) is 5.32 Å². The van der Waals surface area contributed by atoms with Crippen LogP contribution in [0.2, 0.25) is 0 Å². The van der Waals surface area contributed by atoms with Crippen LogP contribution in [0.15, 0.2) is 96.6 Å². The normalized spacial score (nSPS) is 11.2. The summed E-state index contributed by atoms with van der Waals surface area (Å²) in [5.74, 6) is -0.311. The molecule has 3 aromatic carbocycles. The molecule has 0 spiro atoms. The van der Waals surface area contributed by atoms with E-state index in [-0.39, 0.29) is 11.5 Å². The minimum absolute atomic E-state index is 0.176. The van der Waals surface area contributed by atoms with Gasteiger partial charge in [-0.05, 0) is 72.2 Å². The number of carbonyl (C=O) groups excluding carboxylic acids is 1. The van der Waals surface area contributed by atoms with E-state index in [1.807, 2.05) is 43.3 Å². The summed E-state index contributed by atoms with van der Waals surface area (Å²) in [5, 5.41) is 12.6. The van der Waals surface area contributed by atoms with Gasteiger partial charge in [0.2, 0.25) is 5.91 Å². The van der Waals surface area contributed by atoms with Crippen molar-refractivity contribution < 1.29 is 4.79 Å². The van der Waals surface area contributed by atoms with E-state index in [0.29, 0.717) is 11.4 Å². The van der Waals surface area contributed by atoms with Gasteiger partial charge in [-0.1, -0.05) is 24.8 Å². The lowest BCUT2D eigenvalue weighted by Gasteiger charge is -2.15. The SMILES string of the molecule is C=CC(=O)Nc1cc(-n2c(=O)ccc3cnc4ccc(-c5ccc6[nH]ncc6c5)cc4c32)ccc1C. The first kappa shape index (κ1) is 21.5. The number of nitrogens with zero attached hydrogens (tertiary/aromatic N) is 3. The number of hydrogen-bond donors (Lipinski definition) is 2. The Morgan fingerprint density at radius 3 is 2.67 bits per heavy atom. The number of aromatic nitrogens is 4. The van der Waals surface area contributed by atoms with Crippen molar-refractivity contribution in [2.45, 2.75) is 6.92 Å². The minimum atomic E-state index is -0.311. The van der Waals surface area contributed by atoms with Crippen molar-refractivity contribution in [1.29, 1.82) is 0 Å². The molecule has 174 valence electrons. The second-order valence-electron chi connectivity index (χ2n) is 8.67. The first-order valence-electron chi connectivity index (χ1n) is 11.4. The van der Waals surface area contributed by atoms with Crippen LogP contribution in [0.1, 0.15) is 5.56 Å². The third-order valence-corrected chi connectivity index (χ3v) is 6.41. The Labute approximate surface area is 205 Å². The second kappa shape index (κ2) is 8.32. The number of hydrogen-bond acceptors (Lipinski definition) is 4. The molecule has 0 unspecified atom stereocenters. The van der Waals surface area contributed by atoms with Crippen molar-refractivity contribution >= 4 is 44.3 Å². The van der Waals surface area contributed by atoms with Gasteiger partial charge in [-0.15, -0.1) is 0 Å². The van der Waals surface area contributed by atoms with Crippen molar-refractivity contribution in [3.8, 4) is 16.8 Å². The van der Waals surface area contributed by atoms with Gasteiger partial charge < -0.3 is 5.32 Å². The van der Waals surface area contributed by atoms with E-state index in [9.17, 15) is 9.59 Å². The molecule has 6 aromatic rings. The molecule has 6 rings (SSSR count). The van der Waals surface area contributed by atoms with E-state index >= 15 is 0 Å². The summed E-state index contributed by atoms with van der Waals surface area (Å²) in [6.07, 6.45) is 4.80. The van der Waals surface area contributed by atoms with Crippen LogP contribution in [-0.2, 0) is 4.79 Å². The van der Waals surface area contributed by atoms with Crippen molar-refractivity contribution in [2.24, 2.45) is 0 Å². The number of aryl methyl sites for hydroxylation is 1. The topological polar surface area (TPSA) is 92.7 Å². The molecule has 36 heavy (non-hydrogen) atoms. The number of anilines is 1. The van der Waals surface area contributed by atoms with Gasteiger partial charge in [0.1, 0.15) is 0 Å². The van der Waals surface area contributed by atoms with Gasteiger partial charge in [-0.25, -0.2) is 0 Å². The number of aromatic amines is 1. The predicted octanol–water partition coefficient (Wildman–Crippen LogP) is 5.52. The van der Waals surface area contributed by atoms with Crippen LogP contribution >= 0.6 is 0 Å². The quantitative estimate of drug-likeness (QED) is 0.262. The van der Waals surface area contributed by atoms with Crippen LogP contribution in [0.3, 0.4) is 0 Å². The van der Waals surface area contributed by atoms with Crippen LogP contribution in [0.5, 0.6) is 0 Å². The highest BCUT2D eigenvalue weighted by Crippen LogP contribution is 2.31. The summed E-state index contributed by atoms with van der Waals surface area (Å²) in [6, 6.07) is 21.1. The largest absolute Gasteiger partial charge is 0.322 e. The summed E-state index contributed by atoms with van der Waals surface area (Å²) in [4.78, 5) is 29.8. The second-order valence-corrected chi connectivity index (χ2v) is 8.67. The molecule has 0 saturated heterocycles. The number of fused-ring (bicyclic) bond motifs is 4. The third-order valence-electron chi connectivity index (χ3n) is 6.41. The Hall–Kier alpha value is -5.04. The maximum atomic E-state index is 13.3. The number of rotatable bonds is 4. The molecule has 0 fully saturated rings. The standard InChI is InChI=1S/C29H21N5O2/c1-3-27(35)32-26-14-22(8-4-17(26)2)34-28(36)11-7-20-15-30-25-10-6-19(13-23(25)29(20)34)18-5-9-24-21(12-18)16-31-33-24/h3-16H,1H2,2H3,(H,31,33)(H,32,35). The van der Waals surface area contributed by atoms with Crippen LogP contribution in [0.25, 0.3) is 49.5 Å². The number of carbonyl (C=O) groups is 1. The Balaban J connectivity index is 1.61. The molecule has 0 aliphatic carbocycles. The molecular weight excluding hydrogens is 450 g/mol. The van der Waals surface area contributed by atoms with Gasteiger partial charge in [0, 0.05) is 34.1 Å². The van der Waals surface area contributed by atoms with Crippen LogP contribution < -0.4 is 10.9 Å². The summed E-state index contributed by atoms with van der Waals surface area (Å²) >= 11 is 0. The highest BCUT2D eigenvalue weighted by molar-refractivity contribution is 6.06. The number of amides is 1. The van der Waals surface area contributed by atoms with Gasteiger partial charge in [0.05, 0.1) is 28.4 Å².